The first-order chi connectivity index (χ1) is 15.3. The Hall–Kier alpha value is -3.54. The number of ether oxygens (including phenoxy) is 2. The van der Waals surface area contributed by atoms with Crippen molar-refractivity contribution in [3.05, 3.63) is 83.6 Å². The number of benzene rings is 2. The van der Waals surface area contributed by atoms with E-state index in [1.54, 1.807) is 0 Å². The van der Waals surface area contributed by atoms with Crippen LogP contribution in [0.3, 0.4) is 0 Å². The Labute approximate surface area is 189 Å². The maximum atomic E-state index is 12.6. The Morgan fingerprint density at radius 3 is 2.19 bits per heavy atom. The SMILES string of the molecule is COC(=O)c1cc(C(C)(C)C)n(CCNC(=O)OCc2ccccc2)c1-c1ccccc1. The number of esters is 1. The molecule has 1 heterocycles. The van der Waals surface area contributed by atoms with Crippen LogP contribution in [0.25, 0.3) is 11.3 Å². The van der Waals surface area contributed by atoms with Gasteiger partial charge in [-0.05, 0) is 17.2 Å². The van der Waals surface area contributed by atoms with Gasteiger partial charge < -0.3 is 19.4 Å². The van der Waals surface area contributed by atoms with E-state index in [9.17, 15) is 9.59 Å². The summed E-state index contributed by atoms with van der Waals surface area (Å²) in [5.74, 6) is -0.386. The number of rotatable bonds is 7. The Balaban J connectivity index is 1.82. The molecule has 6 nitrogen and oxygen atoms in total. The molecule has 3 rings (SSSR count). The molecule has 1 amide bonds. The minimum absolute atomic E-state index is 0.213. The lowest BCUT2D eigenvalue weighted by molar-refractivity contribution is 0.0601. The topological polar surface area (TPSA) is 69.6 Å². The highest BCUT2D eigenvalue weighted by atomic mass is 16.5. The van der Waals surface area contributed by atoms with Gasteiger partial charge in [-0.3, -0.25) is 0 Å². The molecule has 0 unspecified atom stereocenters. The van der Waals surface area contributed by atoms with Crippen LogP contribution < -0.4 is 5.32 Å². The Bertz CT molecular complexity index is 1050. The molecule has 0 aliphatic heterocycles. The fraction of sp³-hybridized carbons (Fsp3) is 0.308. The van der Waals surface area contributed by atoms with Crippen molar-refractivity contribution in [2.45, 2.75) is 39.3 Å². The quantitative estimate of drug-likeness (QED) is 0.521. The van der Waals surface area contributed by atoms with Gasteiger partial charge in [0.2, 0.25) is 0 Å². The van der Waals surface area contributed by atoms with Crippen LogP contribution in [0.5, 0.6) is 0 Å². The summed E-state index contributed by atoms with van der Waals surface area (Å²) in [5.41, 5.74) is 3.89. The minimum Gasteiger partial charge on any atom is -0.465 e. The molecule has 168 valence electrons. The Morgan fingerprint density at radius 2 is 1.59 bits per heavy atom. The predicted octanol–water partition coefficient (Wildman–Crippen LogP) is 5.17. The largest absolute Gasteiger partial charge is 0.465 e. The summed E-state index contributed by atoms with van der Waals surface area (Å²) < 4.78 is 12.4. The van der Waals surface area contributed by atoms with Gasteiger partial charge in [-0.2, -0.15) is 0 Å². The zero-order chi connectivity index (χ0) is 23.1. The summed E-state index contributed by atoms with van der Waals surface area (Å²) in [6, 6.07) is 21.2. The highest BCUT2D eigenvalue weighted by Gasteiger charge is 2.27. The minimum atomic E-state index is -0.479. The third-order valence-corrected chi connectivity index (χ3v) is 5.14. The summed E-state index contributed by atoms with van der Waals surface area (Å²) in [6.07, 6.45) is -0.479. The first-order valence-corrected chi connectivity index (χ1v) is 10.6. The molecule has 6 heteroatoms. The molecule has 0 aliphatic carbocycles. The number of carbonyl (C=O) groups is 2. The Kier molecular flexibility index (Phi) is 7.36. The zero-order valence-electron chi connectivity index (χ0n) is 19.1. The maximum Gasteiger partial charge on any atom is 0.407 e. The van der Waals surface area contributed by atoms with Crippen LogP contribution in [-0.4, -0.2) is 30.3 Å². The third kappa shape index (κ3) is 5.58. The van der Waals surface area contributed by atoms with Gasteiger partial charge in [0.1, 0.15) is 6.61 Å². The smallest absolute Gasteiger partial charge is 0.407 e. The van der Waals surface area contributed by atoms with Gasteiger partial charge in [0.25, 0.3) is 0 Å². The molecule has 1 N–H and O–H groups in total. The highest BCUT2D eigenvalue weighted by molar-refractivity contribution is 5.97. The second-order valence-corrected chi connectivity index (χ2v) is 8.54. The van der Waals surface area contributed by atoms with Crippen molar-refractivity contribution in [1.82, 2.24) is 9.88 Å². The fourth-order valence-electron chi connectivity index (χ4n) is 3.62. The van der Waals surface area contributed by atoms with Crippen LogP contribution in [0, 0.1) is 0 Å². The third-order valence-electron chi connectivity index (χ3n) is 5.14. The second kappa shape index (κ2) is 10.2. The number of amides is 1. The summed E-state index contributed by atoms with van der Waals surface area (Å²) in [4.78, 5) is 24.8. The molecule has 0 spiro atoms. The lowest BCUT2D eigenvalue weighted by Gasteiger charge is -2.23. The highest BCUT2D eigenvalue weighted by Crippen LogP contribution is 2.34. The summed E-state index contributed by atoms with van der Waals surface area (Å²) >= 11 is 0. The average Bonchev–Trinajstić information content (AvgIpc) is 3.18. The van der Waals surface area contributed by atoms with Crippen LogP contribution >= 0.6 is 0 Å². The van der Waals surface area contributed by atoms with E-state index in [4.69, 9.17) is 9.47 Å². The summed E-state index contributed by atoms with van der Waals surface area (Å²) in [6.45, 7) is 7.33. The number of hydrogen-bond donors (Lipinski definition) is 1. The molecule has 0 aliphatic rings. The molecule has 0 atom stereocenters. The van der Waals surface area contributed by atoms with E-state index < -0.39 is 6.09 Å². The molecular formula is C26H30N2O4. The normalized spacial score (nSPS) is 11.1. The van der Waals surface area contributed by atoms with Gasteiger partial charge in [0, 0.05) is 24.2 Å². The maximum absolute atomic E-state index is 12.6. The molecule has 3 aromatic rings. The van der Waals surface area contributed by atoms with Crippen molar-refractivity contribution in [3.63, 3.8) is 0 Å². The molecule has 0 fully saturated rings. The number of nitrogens with zero attached hydrogens (tertiary/aromatic N) is 1. The monoisotopic (exact) mass is 434 g/mol. The molecule has 0 saturated heterocycles. The van der Waals surface area contributed by atoms with E-state index in [1.165, 1.54) is 7.11 Å². The molecule has 32 heavy (non-hydrogen) atoms. The van der Waals surface area contributed by atoms with Gasteiger partial charge in [-0.25, -0.2) is 9.59 Å². The van der Waals surface area contributed by atoms with Crippen molar-refractivity contribution >= 4 is 12.1 Å². The van der Waals surface area contributed by atoms with Crippen molar-refractivity contribution in [2.24, 2.45) is 0 Å². The zero-order valence-corrected chi connectivity index (χ0v) is 19.1. The van der Waals surface area contributed by atoms with Gasteiger partial charge in [0.15, 0.2) is 0 Å². The van der Waals surface area contributed by atoms with Crippen molar-refractivity contribution < 1.29 is 19.1 Å². The van der Waals surface area contributed by atoms with E-state index in [0.29, 0.717) is 18.7 Å². The van der Waals surface area contributed by atoms with Crippen molar-refractivity contribution in [3.8, 4) is 11.3 Å². The van der Waals surface area contributed by atoms with Crippen LogP contribution in [0.4, 0.5) is 4.79 Å². The second-order valence-electron chi connectivity index (χ2n) is 8.54. The fourth-order valence-corrected chi connectivity index (χ4v) is 3.62. The lowest BCUT2D eigenvalue weighted by atomic mass is 9.92. The Morgan fingerprint density at radius 1 is 0.969 bits per heavy atom. The van der Waals surface area contributed by atoms with E-state index in [0.717, 1.165) is 22.5 Å². The standard InChI is InChI=1S/C26H30N2O4/c1-26(2,3)22-17-21(24(29)31-4)23(20-13-9-6-10-14-20)28(22)16-15-27-25(30)32-18-19-11-7-5-8-12-19/h5-14,17H,15-16,18H2,1-4H3,(H,27,30). The number of alkyl carbamates (subject to hydrolysis) is 1. The number of carbonyl (C=O) groups excluding carboxylic acids is 2. The van der Waals surface area contributed by atoms with Crippen LogP contribution in [-0.2, 0) is 28.0 Å². The van der Waals surface area contributed by atoms with Gasteiger partial charge in [0.05, 0.1) is 18.4 Å². The number of hydrogen-bond acceptors (Lipinski definition) is 4. The van der Waals surface area contributed by atoms with Crippen LogP contribution in [0.1, 0.15) is 42.4 Å². The predicted molar refractivity (Wildman–Crippen MR) is 125 cm³/mol. The summed E-state index contributed by atoms with van der Waals surface area (Å²) in [5, 5.41) is 2.81. The number of methoxy groups -OCH3 is 1. The van der Waals surface area contributed by atoms with E-state index in [-0.39, 0.29) is 18.0 Å². The van der Waals surface area contributed by atoms with Crippen LogP contribution in [0.15, 0.2) is 66.7 Å². The molecule has 0 bridgehead atoms. The first kappa shape index (κ1) is 23.1. The molecule has 0 radical (unpaired) electrons. The molecule has 1 aromatic heterocycles. The van der Waals surface area contributed by atoms with Crippen molar-refractivity contribution in [2.75, 3.05) is 13.7 Å². The van der Waals surface area contributed by atoms with E-state index in [1.807, 2.05) is 66.7 Å². The van der Waals surface area contributed by atoms with Gasteiger partial charge in [-0.15, -0.1) is 0 Å². The molecule has 0 saturated carbocycles. The number of nitrogens with one attached hydrogen (secondary N) is 1. The van der Waals surface area contributed by atoms with Crippen LogP contribution in [0.2, 0.25) is 0 Å². The number of aromatic nitrogens is 1. The van der Waals surface area contributed by atoms with Crippen molar-refractivity contribution in [1.29, 1.82) is 0 Å². The average molecular weight is 435 g/mol. The van der Waals surface area contributed by atoms with E-state index in [2.05, 4.69) is 30.7 Å². The summed E-state index contributed by atoms with van der Waals surface area (Å²) in [7, 11) is 1.38. The molecular weight excluding hydrogens is 404 g/mol. The first-order valence-electron chi connectivity index (χ1n) is 10.6. The lowest BCUT2D eigenvalue weighted by Crippen LogP contribution is -2.29. The van der Waals surface area contributed by atoms with Gasteiger partial charge in [-0.1, -0.05) is 81.4 Å². The van der Waals surface area contributed by atoms with E-state index >= 15 is 0 Å². The molecule has 2 aromatic carbocycles. The van der Waals surface area contributed by atoms with Gasteiger partial charge >= 0.3 is 12.1 Å².